The van der Waals surface area contributed by atoms with E-state index in [1.807, 2.05) is 12.1 Å². The number of aromatic nitrogens is 3. The van der Waals surface area contributed by atoms with E-state index in [1.165, 1.54) is 6.07 Å². The quantitative estimate of drug-likeness (QED) is 0.827. The Labute approximate surface area is 119 Å². The third kappa shape index (κ3) is 3.71. The highest BCUT2D eigenvalue weighted by molar-refractivity contribution is 9.10. The largest absolute Gasteiger partial charge is 0.311 e. The van der Waals surface area contributed by atoms with Gasteiger partial charge in [0.2, 0.25) is 0 Å². The predicted octanol–water partition coefficient (Wildman–Crippen LogP) is 2.09. The third-order valence-corrected chi connectivity index (χ3v) is 3.15. The van der Waals surface area contributed by atoms with Crippen LogP contribution in [0.15, 0.2) is 33.7 Å². The van der Waals surface area contributed by atoms with Gasteiger partial charge >= 0.3 is 0 Å². The van der Waals surface area contributed by atoms with Crippen molar-refractivity contribution >= 4 is 15.9 Å². The number of hydrogen-bond donors (Lipinski definition) is 2. The van der Waals surface area contributed by atoms with Crippen molar-refractivity contribution in [3.63, 3.8) is 0 Å². The highest BCUT2D eigenvalue weighted by Crippen LogP contribution is 2.21. The zero-order chi connectivity index (χ0) is 13.7. The van der Waals surface area contributed by atoms with Gasteiger partial charge in [0.1, 0.15) is 5.69 Å². The van der Waals surface area contributed by atoms with Crippen LogP contribution in [0.1, 0.15) is 19.0 Å². The van der Waals surface area contributed by atoms with Crippen LogP contribution >= 0.6 is 15.9 Å². The molecule has 0 spiro atoms. The van der Waals surface area contributed by atoms with Crippen molar-refractivity contribution in [1.82, 2.24) is 20.3 Å². The first-order valence-corrected chi connectivity index (χ1v) is 6.92. The predicted molar refractivity (Wildman–Crippen MR) is 77.8 cm³/mol. The van der Waals surface area contributed by atoms with Gasteiger partial charge in [-0.3, -0.25) is 9.78 Å². The molecule has 0 aliphatic heterocycles. The molecule has 6 heteroatoms. The average molecular weight is 323 g/mol. The van der Waals surface area contributed by atoms with Gasteiger partial charge in [-0.05, 0) is 41.0 Å². The van der Waals surface area contributed by atoms with Crippen molar-refractivity contribution in [2.24, 2.45) is 0 Å². The van der Waals surface area contributed by atoms with Crippen LogP contribution in [0.25, 0.3) is 11.5 Å². The second-order valence-electron chi connectivity index (χ2n) is 4.10. The van der Waals surface area contributed by atoms with Gasteiger partial charge in [0.25, 0.3) is 5.56 Å². The number of nitrogens with zero attached hydrogens (tertiary/aromatic N) is 2. The zero-order valence-electron chi connectivity index (χ0n) is 10.6. The molecule has 0 saturated heterocycles. The second kappa shape index (κ2) is 6.58. The van der Waals surface area contributed by atoms with E-state index in [9.17, 15) is 4.79 Å². The van der Waals surface area contributed by atoms with Crippen LogP contribution in [0.5, 0.6) is 0 Å². The van der Waals surface area contributed by atoms with Crippen LogP contribution in [-0.2, 0) is 6.54 Å². The van der Waals surface area contributed by atoms with Crippen molar-refractivity contribution in [2.45, 2.75) is 19.9 Å². The van der Waals surface area contributed by atoms with E-state index in [-0.39, 0.29) is 5.56 Å². The van der Waals surface area contributed by atoms with Crippen LogP contribution < -0.4 is 10.9 Å². The van der Waals surface area contributed by atoms with Crippen LogP contribution in [0, 0.1) is 0 Å². The number of nitrogens with one attached hydrogen (secondary N) is 2. The fraction of sp³-hybridized carbons (Fsp3) is 0.308. The van der Waals surface area contributed by atoms with Gasteiger partial charge in [-0.2, -0.15) is 0 Å². The molecule has 2 aromatic rings. The van der Waals surface area contributed by atoms with E-state index >= 15 is 0 Å². The molecule has 0 unspecified atom stereocenters. The summed E-state index contributed by atoms with van der Waals surface area (Å²) in [5.41, 5.74) is 1.18. The van der Waals surface area contributed by atoms with E-state index in [0.29, 0.717) is 23.8 Å². The van der Waals surface area contributed by atoms with Crippen molar-refractivity contribution in [1.29, 1.82) is 0 Å². The van der Waals surface area contributed by atoms with E-state index in [2.05, 4.69) is 43.1 Å². The van der Waals surface area contributed by atoms with Crippen LogP contribution in [-0.4, -0.2) is 21.5 Å². The van der Waals surface area contributed by atoms with E-state index in [1.54, 1.807) is 6.20 Å². The van der Waals surface area contributed by atoms with Crippen molar-refractivity contribution in [3.8, 4) is 11.5 Å². The number of pyridine rings is 1. The normalized spacial score (nSPS) is 10.6. The van der Waals surface area contributed by atoms with Gasteiger partial charge < -0.3 is 10.3 Å². The summed E-state index contributed by atoms with van der Waals surface area (Å²) in [6.45, 7) is 3.57. The molecule has 0 fully saturated rings. The lowest BCUT2D eigenvalue weighted by molar-refractivity contribution is 0.662. The fourth-order valence-electron chi connectivity index (χ4n) is 1.66. The number of rotatable bonds is 5. The lowest BCUT2D eigenvalue weighted by Gasteiger charge is -2.06. The third-order valence-electron chi connectivity index (χ3n) is 2.51. The molecule has 0 aliphatic rings. The molecule has 0 amide bonds. The molecule has 19 heavy (non-hydrogen) atoms. The van der Waals surface area contributed by atoms with Crippen LogP contribution in [0.2, 0.25) is 0 Å². The molecule has 0 radical (unpaired) electrons. The Bertz CT molecular complexity index is 612. The Balaban J connectivity index is 2.31. The number of hydrogen-bond acceptors (Lipinski definition) is 4. The summed E-state index contributed by atoms with van der Waals surface area (Å²) >= 11 is 3.41. The Morgan fingerprint density at radius 1 is 1.47 bits per heavy atom. The Kier molecular flexibility index (Phi) is 4.81. The van der Waals surface area contributed by atoms with E-state index in [4.69, 9.17) is 0 Å². The summed E-state index contributed by atoms with van der Waals surface area (Å²) in [5.74, 6) is 0.480. The molecule has 2 rings (SSSR count). The molecule has 0 saturated carbocycles. The highest BCUT2D eigenvalue weighted by atomic mass is 79.9. The van der Waals surface area contributed by atoms with Crippen LogP contribution in [0.3, 0.4) is 0 Å². The summed E-state index contributed by atoms with van der Waals surface area (Å²) in [5, 5.41) is 3.22. The maximum absolute atomic E-state index is 11.7. The Morgan fingerprint density at radius 3 is 3.05 bits per heavy atom. The SMILES string of the molecule is CCCNCc1cc(=O)[nH]c(-c2ncccc2Br)n1. The van der Waals surface area contributed by atoms with Crippen molar-refractivity contribution < 1.29 is 0 Å². The molecule has 5 nitrogen and oxygen atoms in total. The first-order chi connectivity index (χ1) is 9.20. The molecule has 2 N–H and O–H groups in total. The van der Waals surface area contributed by atoms with Crippen molar-refractivity contribution in [3.05, 3.63) is 44.9 Å². The second-order valence-corrected chi connectivity index (χ2v) is 4.95. The molecule has 0 bridgehead atoms. The van der Waals surface area contributed by atoms with Gasteiger partial charge in [-0.15, -0.1) is 0 Å². The van der Waals surface area contributed by atoms with E-state index < -0.39 is 0 Å². The monoisotopic (exact) mass is 322 g/mol. The number of aromatic amines is 1. The summed E-state index contributed by atoms with van der Waals surface area (Å²) in [7, 11) is 0. The first-order valence-electron chi connectivity index (χ1n) is 6.12. The fourth-order valence-corrected chi connectivity index (χ4v) is 2.11. The topological polar surface area (TPSA) is 70.7 Å². The minimum absolute atomic E-state index is 0.171. The molecule has 0 atom stereocenters. The van der Waals surface area contributed by atoms with Gasteiger partial charge in [0.05, 0.1) is 5.69 Å². The lowest BCUT2D eigenvalue weighted by Crippen LogP contribution is -2.18. The maximum atomic E-state index is 11.7. The number of halogens is 1. The van der Waals surface area contributed by atoms with Gasteiger partial charge in [-0.25, -0.2) is 4.98 Å². The molecular formula is C13H15BrN4O. The molecule has 100 valence electrons. The standard InChI is InChI=1S/C13H15BrN4O/c1-2-5-15-8-9-7-11(19)18-13(17-9)12-10(14)4-3-6-16-12/h3-4,6-7,15H,2,5,8H2,1H3,(H,17,18,19). The molecule has 2 heterocycles. The average Bonchev–Trinajstić information content (AvgIpc) is 2.39. The summed E-state index contributed by atoms with van der Waals surface area (Å²) < 4.78 is 0.803. The Hall–Kier alpha value is -1.53. The smallest absolute Gasteiger partial charge is 0.251 e. The molecule has 0 aromatic carbocycles. The van der Waals surface area contributed by atoms with Gasteiger partial charge in [-0.1, -0.05) is 6.92 Å². The zero-order valence-corrected chi connectivity index (χ0v) is 12.2. The van der Waals surface area contributed by atoms with E-state index in [0.717, 1.165) is 17.4 Å². The first kappa shape index (κ1) is 13.9. The molecule has 2 aromatic heterocycles. The van der Waals surface area contributed by atoms with Gasteiger partial charge in [0, 0.05) is 23.3 Å². The van der Waals surface area contributed by atoms with Crippen LogP contribution in [0.4, 0.5) is 0 Å². The lowest BCUT2D eigenvalue weighted by atomic mass is 10.3. The molecular weight excluding hydrogens is 308 g/mol. The number of H-pyrrole nitrogens is 1. The Morgan fingerprint density at radius 2 is 2.32 bits per heavy atom. The summed E-state index contributed by atoms with van der Waals surface area (Å²) in [6, 6.07) is 5.19. The highest BCUT2D eigenvalue weighted by Gasteiger charge is 2.08. The summed E-state index contributed by atoms with van der Waals surface area (Å²) in [4.78, 5) is 23.0. The maximum Gasteiger partial charge on any atom is 0.251 e. The summed E-state index contributed by atoms with van der Waals surface area (Å²) in [6.07, 6.45) is 2.71. The van der Waals surface area contributed by atoms with Crippen molar-refractivity contribution in [2.75, 3.05) is 6.54 Å². The minimum Gasteiger partial charge on any atom is -0.311 e. The minimum atomic E-state index is -0.171. The molecule has 0 aliphatic carbocycles. The van der Waals surface area contributed by atoms with Gasteiger partial charge in [0.15, 0.2) is 5.82 Å².